The molecule has 0 saturated carbocycles. The van der Waals surface area contributed by atoms with E-state index < -0.39 is 10.9 Å². The topological polar surface area (TPSA) is 91.6 Å². The van der Waals surface area contributed by atoms with Gasteiger partial charge in [0.25, 0.3) is 0 Å². The van der Waals surface area contributed by atoms with Crippen LogP contribution in [0.15, 0.2) is 48.5 Å². The fraction of sp³-hybridized carbons (Fsp3) is 0.200. The van der Waals surface area contributed by atoms with E-state index in [1.807, 2.05) is 26.0 Å². The van der Waals surface area contributed by atoms with Gasteiger partial charge >= 0.3 is 11.7 Å². The molecule has 0 aliphatic rings. The van der Waals surface area contributed by atoms with Crippen molar-refractivity contribution < 1.29 is 19.2 Å². The Bertz CT molecular complexity index is 1030. The quantitative estimate of drug-likeness (QED) is 0.286. The Morgan fingerprint density at radius 1 is 1.15 bits per heavy atom. The number of ether oxygens (including phenoxy) is 2. The highest BCUT2D eigenvalue weighted by Gasteiger charge is 2.22. The van der Waals surface area contributed by atoms with Gasteiger partial charge in [0, 0.05) is 11.1 Å². The van der Waals surface area contributed by atoms with Gasteiger partial charge in [-0.05, 0) is 30.2 Å². The van der Waals surface area contributed by atoms with Gasteiger partial charge in [-0.2, -0.15) is 0 Å². The molecule has 3 aromatic rings. The number of rotatable bonds is 5. The maximum absolute atomic E-state index is 12.8. The molecule has 0 aliphatic carbocycles. The van der Waals surface area contributed by atoms with Crippen molar-refractivity contribution in [1.29, 1.82) is 0 Å². The van der Waals surface area contributed by atoms with Crippen LogP contribution in [0.1, 0.15) is 35.8 Å². The summed E-state index contributed by atoms with van der Waals surface area (Å²) >= 11 is 0. The number of para-hydroxylation sites is 1. The molecule has 0 spiro atoms. The van der Waals surface area contributed by atoms with Gasteiger partial charge in [-0.15, -0.1) is 0 Å². The van der Waals surface area contributed by atoms with Crippen molar-refractivity contribution in [1.82, 2.24) is 4.98 Å². The largest absolute Gasteiger partial charge is 0.496 e. The van der Waals surface area contributed by atoms with Gasteiger partial charge in [0.15, 0.2) is 0 Å². The Balaban J connectivity index is 2.06. The molecule has 3 rings (SSSR count). The number of benzene rings is 2. The fourth-order valence-electron chi connectivity index (χ4n) is 2.67. The van der Waals surface area contributed by atoms with E-state index >= 15 is 0 Å². The van der Waals surface area contributed by atoms with Crippen molar-refractivity contribution >= 4 is 22.6 Å². The molecule has 2 aromatic carbocycles. The van der Waals surface area contributed by atoms with E-state index in [0.717, 1.165) is 5.69 Å². The second kappa shape index (κ2) is 7.41. The summed E-state index contributed by atoms with van der Waals surface area (Å²) in [6.45, 7) is 3.95. The molecule has 0 atom stereocenters. The number of aromatic nitrogens is 1. The zero-order valence-corrected chi connectivity index (χ0v) is 15.1. The van der Waals surface area contributed by atoms with Crippen molar-refractivity contribution in [3.63, 3.8) is 0 Å². The van der Waals surface area contributed by atoms with Gasteiger partial charge in [-0.1, -0.05) is 32.0 Å². The summed E-state index contributed by atoms with van der Waals surface area (Å²) in [5.74, 6) is -0.406. The van der Waals surface area contributed by atoms with Crippen LogP contribution in [0.2, 0.25) is 0 Å². The Morgan fingerprint density at radius 3 is 2.56 bits per heavy atom. The molecule has 0 amide bonds. The molecule has 7 heteroatoms. The molecule has 0 saturated heterocycles. The number of carbonyl (C=O) groups excluding carboxylic acids is 1. The van der Waals surface area contributed by atoms with E-state index in [1.165, 1.54) is 25.3 Å². The number of hydrogen-bond acceptors (Lipinski definition) is 6. The third-order valence-electron chi connectivity index (χ3n) is 4.11. The predicted octanol–water partition coefficient (Wildman–Crippen LogP) is 4.49. The summed E-state index contributed by atoms with van der Waals surface area (Å²) in [4.78, 5) is 28.1. The summed E-state index contributed by atoms with van der Waals surface area (Å²) in [5.41, 5.74) is 1.38. The zero-order valence-electron chi connectivity index (χ0n) is 15.1. The van der Waals surface area contributed by atoms with Gasteiger partial charge in [-0.3, -0.25) is 15.1 Å². The van der Waals surface area contributed by atoms with E-state index in [0.29, 0.717) is 22.2 Å². The normalized spacial score (nSPS) is 10.8. The number of fused-ring (bicyclic) bond motifs is 1. The number of pyridine rings is 1. The first kappa shape index (κ1) is 18.3. The summed E-state index contributed by atoms with van der Waals surface area (Å²) in [5, 5.41) is 11.9. The van der Waals surface area contributed by atoms with Crippen LogP contribution in [-0.4, -0.2) is 23.0 Å². The monoisotopic (exact) mass is 366 g/mol. The van der Waals surface area contributed by atoms with Gasteiger partial charge in [0.2, 0.25) is 5.75 Å². The summed E-state index contributed by atoms with van der Waals surface area (Å²) in [6.07, 6.45) is 0. The van der Waals surface area contributed by atoms with Crippen LogP contribution in [0.25, 0.3) is 10.9 Å². The molecule has 7 nitrogen and oxygen atoms in total. The molecule has 0 unspecified atom stereocenters. The van der Waals surface area contributed by atoms with E-state index in [1.54, 1.807) is 18.2 Å². The Kier molecular flexibility index (Phi) is 5.03. The highest BCUT2D eigenvalue weighted by molar-refractivity contribution is 6.04. The number of nitro benzene ring substituents is 1. The van der Waals surface area contributed by atoms with Crippen LogP contribution < -0.4 is 9.47 Å². The Labute approximate surface area is 155 Å². The number of nitrogens with zero attached hydrogens (tertiary/aromatic N) is 2. The molecule has 1 aromatic heterocycles. The number of nitro groups is 1. The molecule has 138 valence electrons. The van der Waals surface area contributed by atoms with Crippen LogP contribution in [0, 0.1) is 10.1 Å². The van der Waals surface area contributed by atoms with Crippen molar-refractivity contribution in [3.8, 4) is 11.5 Å². The minimum absolute atomic E-state index is 0.108. The molecular weight excluding hydrogens is 348 g/mol. The van der Waals surface area contributed by atoms with Crippen LogP contribution >= 0.6 is 0 Å². The number of hydrogen-bond donors (Lipinski definition) is 0. The van der Waals surface area contributed by atoms with Crippen LogP contribution in [0.3, 0.4) is 0 Å². The second-order valence-corrected chi connectivity index (χ2v) is 6.25. The van der Waals surface area contributed by atoms with Crippen molar-refractivity contribution in [2.45, 2.75) is 19.8 Å². The average Bonchev–Trinajstić information content (AvgIpc) is 2.67. The van der Waals surface area contributed by atoms with E-state index in [4.69, 9.17) is 9.47 Å². The summed E-state index contributed by atoms with van der Waals surface area (Å²) in [7, 11) is 1.40. The van der Waals surface area contributed by atoms with Gasteiger partial charge < -0.3 is 9.47 Å². The molecule has 27 heavy (non-hydrogen) atoms. The van der Waals surface area contributed by atoms with E-state index in [-0.39, 0.29) is 17.4 Å². The summed E-state index contributed by atoms with van der Waals surface area (Å²) < 4.78 is 10.4. The maximum Gasteiger partial charge on any atom is 0.344 e. The second-order valence-electron chi connectivity index (χ2n) is 6.25. The SMILES string of the molecule is COc1ccc(OC(=O)c2cc(C(C)C)nc3ccccc23)c([N+](=O)[O-])c1. The minimum Gasteiger partial charge on any atom is -0.496 e. The van der Waals surface area contributed by atoms with Crippen molar-refractivity contribution in [3.05, 3.63) is 69.9 Å². The fourth-order valence-corrected chi connectivity index (χ4v) is 2.67. The van der Waals surface area contributed by atoms with Gasteiger partial charge in [0.1, 0.15) is 5.75 Å². The third kappa shape index (κ3) is 3.72. The van der Waals surface area contributed by atoms with Gasteiger partial charge in [0.05, 0.1) is 29.2 Å². The molecule has 0 bridgehead atoms. The highest BCUT2D eigenvalue weighted by atomic mass is 16.6. The first-order valence-corrected chi connectivity index (χ1v) is 8.35. The Hall–Kier alpha value is -3.48. The zero-order chi connectivity index (χ0) is 19.6. The lowest BCUT2D eigenvalue weighted by molar-refractivity contribution is -0.385. The lowest BCUT2D eigenvalue weighted by atomic mass is 10.0. The van der Waals surface area contributed by atoms with Crippen LogP contribution in [0.5, 0.6) is 11.5 Å². The molecular formula is C20H18N2O5. The van der Waals surface area contributed by atoms with Crippen LogP contribution in [0.4, 0.5) is 5.69 Å². The molecule has 0 fully saturated rings. The smallest absolute Gasteiger partial charge is 0.344 e. The number of esters is 1. The van der Waals surface area contributed by atoms with E-state index in [2.05, 4.69) is 4.98 Å². The number of carbonyl (C=O) groups is 1. The lowest BCUT2D eigenvalue weighted by Gasteiger charge is -2.12. The lowest BCUT2D eigenvalue weighted by Crippen LogP contribution is -2.12. The first-order chi connectivity index (χ1) is 12.9. The van der Waals surface area contributed by atoms with Gasteiger partial charge in [-0.25, -0.2) is 4.79 Å². The standard InChI is InChI=1S/C20H18N2O5/c1-12(2)17-11-15(14-6-4-5-7-16(14)21-17)20(23)27-19-9-8-13(26-3)10-18(19)22(24)25/h4-12H,1-3H3. The molecule has 0 aliphatic heterocycles. The van der Waals surface area contributed by atoms with Crippen LogP contribution in [-0.2, 0) is 0 Å². The minimum atomic E-state index is -0.677. The molecule has 0 radical (unpaired) electrons. The highest BCUT2D eigenvalue weighted by Crippen LogP contribution is 2.32. The average molecular weight is 366 g/mol. The third-order valence-corrected chi connectivity index (χ3v) is 4.11. The summed E-state index contributed by atoms with van der Waals surface area (Å²) in [6, 6.07) is 13.0. The number of methoxy groups -OCH3 is 1. The van der Waals surface area contributed by atoms with Crippen molar-refractivity contribution in [2.24, 2.45) is 0 Å². The molecule has 0 N–H and O–H groups in total. The Morgan fingerprint density at radius 2 is 1.89 bits per heavy atom. The van der Waals surface area contributed by atoms with Crippen molar-refractivity contribution in [2.75, 3.05) is 7.11 Å². The molecule has 1 heterocycles. The maximum atomic E-state index is 12.8. The van der Waals surface area contributed by atoms with E-state index in [9.17, 15) is 14.9 Å². The first-order valence-electron chi connectivity index (χ1n) is 8.35. The predicted molar refractivity (Wildman–Crippen MR) is 100 cm³/mol.